The zero-order chi connectivity index (χ0) is 15.9. The number of nitrogens with one attached hydrogen (secondary N) is 1. The lowest BCUT2D eigenvalue weighted by atomic mass is 9.64. The van der Waals surface area contributed by atoms with Crippen molar-refractivity contribution in [3.63, 3.8) is 0 Å². The lowest BCUT2D eigenvalue weighted by Crippen LogP contribution is -2.41. The van der Waals surface area contributed by atoms with E-state index in [0.29, 0.717) is 23.5 Å². The van der Waals surface area contributed by atoms with Gasteiger partial charge in [0.15, 0.2) is 17.0 Å². The van der Waals surface area contributed by atoms with Gasteiger partial charge in [0.05, 0.1) is 0 Å². The first kappa shape index (κ1) is 14.0. The first-order valence-electron chi connectivity index (χ1n) is 7.68. The molecular formula is C16H17FN6. The van der Waals surface area contributed by atoms with Gasteiger partial charge in [0.1, 0.15) is 12.1 Å². The minimum atomic E-state index is -0.188. The van der Waals surface area contributed by atoms with Crippen LogP contribution in [-0.4, -0.2) is 31.5 Å². The molecule has 1 saturated carbocycles. The molecule has 1 aliphatic carbocycles. The van der Waals surface area contributed by atoms with Gasteiger partial charge in [-0.2, -0.15) is 0 Å². The average molecular weight is 312 g/mol. The molecule has 0 bridgehead atoms. The van der Waals surface area contributed by atoms with Crippen molar-refractivity contribution >= 4 is 17.0 Å². The van der Waals surface area contributed by atoms with E-state index in [0.717, 1.165) is 24.8 Å². The van der Waals surface area contributed by atoms with E-state index in [2.05, 4.69) is 25.6 Å². The molecule has 1 N–H and O–H groups in total. The summed E-state index contributed by atoms with van der Waals surface area (Å²) in [7, 11) is 1.80. The third-order valence-electron chi connectivity index (χ3n) is 4.73. The van der Waals surface area contributed by atoms with Crippen LogP contribution in [-0.2, 0) is 12.5 Å². The second-order valence-corrected chi connectivity index (χ2v) is 6.11. The van der Waals surface area contributed by atoms with Gasteiger partial charge in [-0.1, -0.05) is 23.8 Å². The van der Waals surface area contributed by atoms with Gasteiger partial charge in [-0.3, -0.25) is 0 Å². The SMILES string of the molecule is Cn1nnc2c(NCC3(c4cccc(F)c4)CCC3)ncnc21. The van der Waals surface area contributed by atoms with E-state index >= 15 is 0 Å². The van der Waals surface area contributed by atoms with Crippen LogP contribution < -0.4 is 5.32 Å². The molecule has 0 aliphatic heterocycles. The summed E-state index contributed by atoms with van der Waals surface area (Å²) in [5, 5.41) is 11.5. The molecule has 0 atom stereocenters. The molecular weight excluding hydrogens is 295 g/mol. The molecule has 1 aromatic carbocycles. The molecule has 23 heavy (non-hydrogen) atoms. The lowest BCUT2D eigenvalue weighted by molar-refractivity contribution is 0.259. The fourth-order valence-corrected chi connectivity index (χ4v) is 3.22. The van der Waals surface area contributed by atoms with Crippen LogP contribution in [0.5, 0.6) is 0 Å². The number of anilines is 1. The third kappa shape index (κ3) is 2.32. The summed E-state index contributed by atoms with van der Waals surface area (Å²) in [5.41, 5.74) is 2.35. The van der Waals surface area contributed by atoms with E-state index in [1.165, 1.54) is 12.4 Å². The second kappa shape index (κ2) is 5.26. The zero-order valence-corrected chi connectivity index (χ0v) is 12.8. The monoisotopic (exact) mass is 312 g/mol. The molecule has 1 aliphatic rings. The Morgan fingerprint density at radius 2 is 2.17 bits per heavy atom. The Labute approximate surface area is 132 Å². The van der Waals surface area contributed by atoms with E-state index in [-0.39, 0.29) is 11.2 Å². The summed E-state index contributed by atoms with van der Waals surface area (Å²) in [6, 6.07) is 6.90. The zero-order valence-electron chi connectivity index (χ0n) is 12.8. The molecule has 0 amide bonds. The first-order chi connectivity index (χ1) is 11.2. The highest BCUT2D eigenvalue weighted by molar-refractivity contribution is 5.81. The average Bonchev–Trinajstić information content (AvgIpc) is 2.89. The number of fused-ring (bicyclic) bond motifs is 1. The van der Waals surface area contributed by atoms with Crippen LogP contribution in [0.25, 0.3) is 11.2 Å². The predicted molar refractivity (Wildman–Crippen MR) is 84.5 cm³/mol. The van der Waals surface area contributed by atoms with E-state index in [1.807, 2.05) is 6.07 Å². The van der Waals surface area contributed by atoms with Gasteiger partial charge in [-0.25, -0.2) is 19.0 Å². The molecule has 118 valence electrons. The summed E-state index contributed by atoms with van der Waals surface area (Å²) in [4.78, 5) is 8.47. The molecule has 0 radical (unpaired) electrons. The van der Waals surface area contributed by atoms with Crippen molar-refractivity contribution in [1.29, 1.82) is 0 Å². The molecule has 0 unspecified atom stereocenters. The molecule has 3 aromatic rings. The summed E-state index contributed by atoms with van der Waals surface area (Å²) >= 11 is 0. The van der Waals surface area contributed by atoms with Gasteiger partial charge in [-0.15, -0.1) is 5.10 Å². The minimum Gasteiger partial charge on any atom is -0.367 e. The van der Waals surface area contributed by atoms with Crippen molar-refractivity contribution in [2.24, 2.45) is 7.05 Å². The van der Waals surface area contributed by atoms with Crippen LogP contribution in [0.2, 0.25) is 0 Å². The molecule has 7 heteroatoms. The van der Waals surface area contributed by atoms with Crippen LogP contribution in [0.3, 0.4) is 0 Å². The predicted octanol–water partition coefficient (Wildman–Crippen LogP) is 2.43. The fraction of sp³-hybridized carbons (Fsp3) is 0.375. The molecule has 6 nitrogen and oxygen atoms in total. The highest BCUT2D eigenvalue weighted by Gasteiger charge is 2.38. The van der Waals surface area contributed by atoms with Crippen molar-refractivity contribution in [2.45, 2.75) is 24.7 Å². The normalized spacial score (nSPS) is 16.3. The highest BCUT2D eigenvalue weighted by atomic mass is 19.1. The van der Waals surface area contributed by atoms with Crippen molar-refractivity contribution < 1.29 is 4.39 Å². The Morgan fingerprint density at radius 3 is 2.91 bits per heavy atom. The topological polar surface area (TPSA) is 68.5 Å². The van der Waals surface area contributed by atoms with E-state index < -0.39 is 0 Å². The fourth-order valence-electron chi connectivity index (χ4n) is 3.22. The molecule has 1 fully saturated rings. The quantitative estimate of drug-likeness (QED) is 0.801. The standard InChI is InChI=1S/C16H17FN6/c1-23-15-13(21-22-23)14(19-10-20-15)18-9-16(6-3-7-16)11-4-2-5-12(17)8-11/h2,4-5,8,10H,3,6-7,9H2,1H3,(H,18,19,20). The number of nitrogens with zero attached hydrogens (tertiary/aromatic N) is 5. The Hall–Kier alpha value is -2.57. The van der Waals surface area contributed by atoms with E-state index in [1.54, 1.807) is 23.9 Å². The molecule has 2 aromatic heterocycles. The van der Waals surface area contributed by atoms with Gasteiger partial charge >= 0.3 is 0 Å². The Kier molecular flexibility index (Phi) is 3.21. The van der Waals surface area contributed by atoms with Crippen molar-refractivity contribution in [2.75, 3.05) is 11.9 Å². The maximum Gasteiger partial charge on any atom is 0.183 e. The van der Waals surface area contributed by atoms with Crippen molar-refractivity contribution in [1.82, 2.24) is 25.0 Å². The van der Waals surface area contributed by atoms with Crippen molar-refractivity contribution in [3.8, 4) is 0 Å². The first-order valence-corrected chi connectivity index (χ1v) is 7.68. The summed E-state index contributed by atoms with van der Waals surface area (Å²) < 4.78 is 15.2. The summed E-state index contributed by atoms with van der Waals surface area (Å²) in [5.74, 6) is 0.484. The lowest BCUT2D eigenvalue weighted by Gasteiger charge is -2.42. The Balaban J connectivity index is 1.61. The van der Waals surface area contributed by atoms with E-state index in [9.17, 15) is 4.39 Å². The molecule has 0 saturated heterocycles. The summed E-state index contributed by atoms with van der Waals surface area (Å²) in [6.07, 6.45) is 4.74. The second-order valence-electron chi connectivity index (χ2n) is 6.11. The molecule has 2 heterocycles. The van der Waals surface area contributed by atoms with Gasteiger partial charge < -0.3 is 5.32 Å². The van der Waals surface area contributed by atoms with Gasteiger partial charge in [-0.05, 0) is 30.5 Å². The van der Waals surface area contributed by atoms with Crippen molar-refractivity contribution in [3.05, 3.63) is 42.0 Å². The molecule has 4 rings (SSSR count). The minimum absolute atomic E-state index is 0.0401. The van der Waals surface area contributed by atoms with Crippen LogP contribution in [0.4, 0.5) is 10.2 Å². The number of benzene rings is 1. The largest absolute Gasteiger partial charge is 0.367 e. The van der Waals surface area contributed by atoms with Crippen LogP contribution >= 0.6 is 0 Å². The van der Waals surface area contributed by atoms with Crippen LogP contribution in [0.1, 0.15) is 24.8 Å². The summed E-state index contributed by atoms with van der Waals surface area (Å²) in [6.45, 7) is 0.694. The Morgan fingerprint density at radius 1 is 1.30 bits per heavy atom. The number of aromatic nitrogens is 5. The molecule has 0 spiro atoms. The smallest absolute Gasteiger partial charge is 0.183 e. The Bertz CT molecular complexity index is 855. The van der Waals surface area contributed by atoms with Gasteiger partial charge in [0.25, 0.3) is 0 Å². The van der Waals surface area contributed by atoms with Crippen LogP contribution in [0, 0.1) is 5.82 Å². The number of rotatable bonds is 4. The van der Waals surface area contributed by atoms with E-state index in [4.69, 9.17) is 0 Å². The number of hydrogen-bond donors (Lipinski definition) is 1. The number of hydrogen-bond acceptors (Lipinski definition) is 5. The highest BCUT2D eigenvalue weighted by Crippen LogP contribution is 2.44. The van der Waals surface area contributed by atoms with Gasteiger partial charge in [0, 0.05) is 19.0 Å². The van der Waals surface area contributed by atoms with Crippen LogP contribution in [0.15, 0.2) is 30.6 Å². The third-order valence-corrected chi connectivity index (χ3v) is 4.73. The maximum atomic E-state index is 13.6. The van der Waals surface area contributed by atoms with Gasteiger partial charge in [0.2, 0.25) is 0 Å². The number of aryl methyl sites for hydroxylation is 1. The number of halogens is 1. The maximum absolute atomic E-state index is 13.6.